The SMILES string of the molecule is CCOc1ccc(/C=N\NC(=O)c2ccc(N(C)C)cc2)c(OCC)c1. The van der Waals surface area contributed by atoms with Crippen LogP contribution in [-0.2, 0) is 0 Å². The molecule has 0 spiro atoms. The first kappa shape index (κ1) is 19.3. The number of nitrogens with zero attached hydrogens (tertiary/aromatic N) is 2. The van der Waals surface area contributed by atoms with E-state index in [0.717, 1.165) is 17.0 Å². The predicted molar refractivity (Wildman–Crippen MR) is 105 cm³/mol. The first-order valence-corrected chi connectivity index (χ1v) is 8.55. The number of benzene rings is 2. The Balaban J connectivity index is 2.05. The van der Waals surface area contributed by atoms with Crippen LogP contribution in [0.5, 0.6) is 11.5 Å². The zero-order valence-corrected chi connectivity index (χ0v) is 15.7. The summed E-state index contributed by atoms with van der Waals surface area (Å²) >= 11 is 0. The van der Waals surface area contributed by atoms with E-state index >= 15 is 0 Å². The molecule has 0 unspecified atom stereocenters. The summed E-state index contributed by atoms with van der Waals surface area (Å²) in [5.74, 6) is 1.13. The summed E-state index contributed by atoms with van der Waals surface area (Å²) in [4.78, 5) is 14.1. The van der Waals surface area contributed by atoms with Crippen LogP contribution < -0.4 is 19.8 Å². The van der Waals surface area contributed by atoms with Gasteiger partial charge in [0.2, 0.25) is 0 Å². The van der Waals surface area contributed by atoms with E-state index in [1.807, 2.05) is 63.2 Å². The number of amides is 1. The van der Waals surface area contributed by atoms with Crippen molar-refractivity contribution in [1.82, 2.24) is 5.43 Å². The average Bonchev–Trinajstić information content (AvgIpc) is 2.64. The van der Waals surface area contributed by atoms with Gasteiger partial charge in [-0.25, -0.2) is 5.43 Å². The lowest BCUT2D eigenvalue weighted by atomic mass is 10.2. The fourth-order valence-corrected chi connectivity index (χ4v) is 2.29. The first-order valence-electron chi connectivity index (χ1n) is 8.55. The zero-order chi connectivity index (χ0) is 18.9. The van der Waals surface area contributed by atoms with Crippen molar-refractivity contribution in [3.63, 3.8) is 0 Å². The summed E-state index contributed by atoms with van der Waals surface area (Å²) in [6, 6.07) is 12.8. The largest absolute Gasteiger partial charge is 0.494 e. The molecule has 0 aromatic heterocycles. The molecule has 2 rings (SSSR count). The van der Waals surface area contributed by atoms with E-state index in [9.17, 15) is 4.79 Å². The number of hydrogen-bond donors (Lipinski definition) is 1. The number of carbonyl (C=O) groups is 1. The number of carbonyl (C=O) groups excluding carboxylic acids is 1. The van der Waals surface area contributed by atoms with Crippen LogP contribution in [0.3, 0.4) is 0 Å². The molecule has 0 saturated carbocycles. The summed E-state index contributed by atoms with van der Waals surface area (Å²) in [5.41, 5.74) is 4.87. The molecule has 0 bridgehead atoms. The molecule has 138 valence electrons. The van der Waals surface area contributed by atoms with Crippen molar-refractivity contribution in [3.8, 4) is 11.5 Å². The maximum absolute atomic E-state index is 12.2. The van der Waals surface area contributed by atoms with Crippen molar-refractivity contribution >= 4 is 17.8 Å². The van der Waals surface area contributed by atoms with Crippen molar-refractivity contribution in [2.45, 2.75) is 13.8 Å². The second kappa shape index (κ2) is 9.46. The predicted octanol–water partition coefficient (Wildman–Crippen LogP) is 3.31. The van der Waals surface area contributed by atoms with Gasteiger partial charge in [-0.2, -0.15) is 5.10 Å². The Bertz CT molecular complexity index is 755. The monoisotopic (exact) mass is 355 g/mol. The number of hydrogen-bond acceptors (Lipinski definition) is 5. The van der Waals surface area contributed by atoms with E-state index in [1.165, 1.54) is 0 Å². The van der Waals surface area contributed by atoms with Gasteiger partial charge in [0.1, 0.15) is 11.5 Å². The van der Waals surface area contributed by atoms with Gasteiger partial charge in [-0.3, -0.25) is 4.79 Å². The van der Waals surface area contributed by atoms with Crippen molar-refractivity contribution in [2.75, 3.05) is 32.2 Å². The Labute approximate surface area is 154 Å². The minimum absolute atomic E-state index is 0.268. The normalized spacial score (nSPS) is 10.6. The lowest BCUT2D eigenvalue weighted by molar-refractivity contribution is 0.0955. The van der Waals surface area contributed by atoms with Crippen molar-refractivity contribution in [2.24, 2.45) is 5.10 Å². The molecule has 2 aromatic rings. The van der Waals surface area contributed by atoms with Gasteiger partial charge >= 0.3 is 0 Å². The highest BCUT2D eigenvalue weighted by Crippen LogP contribution is 2.24. The van der Waals surface area contributed by atoms with E-state index in [-0.39, 0.29) is 5.91 Å². The maximum atomic E-state index is 12.2. The molecule has 6 heteroatoms. The van der Waals surface area contributed by atoms with Crippen LogP contribution in [0.4, 0.5) is 5.69 Å². The number of ether oxygens (including phenoxy) is 2. The second-order valence-corrected chi connectivity index (χ2v) is 5.71. The molecule has 0 heterocycles. The standard InChI is InChI=1S/C20H25N3O3/c1-5-25-18-12-9-16(19(13-18)26-6-2)14-21-22-20(24)15-7-10-17(11-8-15)23(3)4/h7-14H,5-6H2,1-4H3,(H,22,24)/b21-14-. The van der Waals surface area contributed by atoms with Gasteiger partial charge in [0.25, 0.3) is 5.91 Å². The number of nitrogens with one attached hydrogen (secondary N) is 1. The quantitative estimate of drug-likeness (QED) is 0.583. The van der Waals surface area contributed by atoms with Crippen LogP contribution in [0, 0.1) is 0 Å². The third kappa shape index (κ3) is 5.24. The van der Waals surface area contributed by atoms with Gasteiger partial charge in [0.15, 0.2) is 0 Å². The molecule has 6 nitrogen and oxygen atoms in total. The Morgan fingerprint density at radius 3 is 2.38 bits per heavy atom. The lowest BCUT2D eigenvalue weighted by Crippen LogP contribution is -2.18. The molecule has 26 heavy (non-hydrogen) atoms. The molecule has 0 saturated heterocycles. The summed E-state index contributed by atoms with van der Waals surface area (Å²) in [5, 5.41) is 4.04. The molecule has 2 aromatic carbocycles. The van der Waals surface area contributed by atoms with Crippen LogP contribution in [0.25, 0.3) is 0 Å². The maximum Gasteiger partial charge on any atom is 0.271 e. The Kier molecular flexibility index (Phi) is 7.02. The molecule has 1 amide bonds. The number of hydrazone groups is 1. The molecule has 0 aliphatic heterocycles. The van der Waals surface area contributed by atoms with Crippen LogP contribution in [0.2, 0.25) is 0 Å². The lowest BCUT2D eigenvalue weighted by Gasteiger charge is -2.12. The highest BCUT2D eigenvalue weighted by atomic mass is 16.5. The molecular formula is C20H25N3O3. The van der Waals surface area contributed by atoms with Gasteiger partial charge in [-0.15, -0.1) is 0 Å². The van der Waals surface area contributed by atoms with E-state index in [2.05, 4.69) is 10.5 Å². The molecule has 1 N–H and O–H groups in total. The third-order valence-corrected chi connectivity index (χ3v) is 3.61. The minimum atomic E-state index is -0.268. The van der Waals surface area contributed by atoms with Gasteiger partial charge < -0.3 is 14.4 Å². The molecule has 0 atom stereocenters. The molecular weight excluding hydrogens is 330 g/mol. The summed E-state index contributed by atoms with van der Waals surface area (Å²) in [6.45, 7) is 4.95. The van der Waals surface area contributed by atoms with Crippen LogP contribution >= 0.6 is 0 Å². The van der Waals surface area contributed by atoms with Crippen LogP contribution in [0.15, 0.2) is 47.6 Å². The van der Waals surface area contributed by atoms with Crippen LogP contribution in [0.1, 0.15) is 29.8 Å². The third-order valence-electron chi connectivity index (χ3n) is 3.61. The highest BCUT2D eigenvalue weighted by Gasteiger charge is 2.06. The fourth-order valence-electron chi connectivity index (χ4n) is 2.29. The number of rotatable bonds is 8. The second-order valence-electron chi connectivity index (χ2n) is 5.71. The van der Waals surface area contributed by atoms with E-state index in [0.29, 0.717) is 24.5 Å². The van der Waals surface area contributed by atoms with Crippen LogP contribution in [-0.4, -0.2) is 39.4 Å². The van der Waals surface area contributed by atoms with Gasteiger partial charge in [0.05, 0.1) is 19.4 Å². The smallest absolute Gasteiger partial charge is 0.271 e. The number of anilines is 1. The van der Waals surface area contributed by atoms with E-state index in [1.54, 1.807) is 18.3 Å². The van der Waals surface area contributed by atoms with E-state index in [4.69, 9.17) is 9.47 Å². The summed E-state index contributed by atoms with van der Waals surface area (Å²) < 4.78 is 11.1. The van der Waals surface area contributed by atoms with Crippen molar-refractivity contribution in [1.29, 1.82) is 0 Å². The molecule has 0 fully saturated rings. The fraction of sp³-hybridized carbons (Fsp3) is 0.300. The van der Waals surface area contributed by atoms with Gasteiger partial charge in [-0.1, -0.05) is 0 Å². The summed E-state index contributed by atoms with van der Waals surface area (Å²) in [7, 11) is 3.90. The first-order chi connectivity index (χ1) is 12.5. The van der Waals surface area contributed by atoms with Gasteiger partial charge in [0, 0.05) is 37.0 Å². The van der Waals surface area contributed by atoms with E-state index < -0.39 is 0 Å². The topological polar surface area (TPSA) is 63.2 Å². The molecule has 0 radical (unpaired) electrons. The highest BCUT2D eigenvalue weighted by molar-refractivity contribution is 5.95. The molecule has 0 aliphatic rings. The van der Waals surface area contributed by atoms with Crippen molar-refractivity contribution in [3.05, 3.63) is 53.6 Å². The van der Waals surface area contributed by atoms with Crippen molar-refractivity contribution < 1.29 is 14.3 Å². The summed E-state index contributed by atoms with van der Waals surface area (Å²) in [6.07, 6.45) is 1.56. The Hall–Kier alpha value is -3.02. The molecule has 0 aliphatic carbocycles. The average molecular weight is 355 g/mol. The zero-order valence-electron chi connectivity index (χ0n) is 15.7. The van der Waals surface area contributed by atoms with Gasteiger partial charge in [-0.05, 0) is 50.2 Å². The minimum Gasteiger partial charge on any atom is -0.494 e. The Morgan fingerprint density at radius 1 is 1.08 bits per heavy atom. The Morgan fingerprint density at radius 2 is 1.77 bits per heavy atom.